The lowest BCUT2D eigenvalue weighted by Gasteiger charge is -2.38. The molecule has 0 amide bonds. The van der Waals surface area contributed by atoms with E-state index in [1.165, 1.54) is 16.6 Å². The average molecular weight is 348 g/mol. The van der Waals surface area contributed by atoms with Gasteiger partial charge >= 0.3 is 0 Å². The second kappa shape index (κ2) is 5.34. The molecule has 2 aliphatic heterocycles. The van der Waals surface area contributed by atoms with Crippen molar-refractivity contribution < 1.29 is 14.3 Å². The Kier molecular flexibility index (Phi) is 3.17. The molecule has 1 aromatic heterocycles. The Morgan fingerprint density at radius 3 is 2.92 bits per heavy atom. The summed E-state index contributed by atoms with van der Waals surface area (Å²) in [4.78, 5) is 17.9. The molecule has 0 fully saturated rings. The minimum absolute atomic E-state index is 0.0349. The summed E-state index contributed by atoms with van der Waals surface area (Å²) in [5, 5.41) is 1.24. The lowest BCUT2D eigenvalue weighted by atomic mass is 9.72. The molecular weight excluding hydrogens is 328 g/mol. The molecule has 26 heavy (non-hydrogen) atoms. The van der Waals surface area contributed by atoms with Crippen molar-refractivity contribution in [3.63, 3.8) is 0 Å². The summed E-state index contributed by atoms with van der Waals surface area (Å²) < 4.78 is 13.0. The fraction of sp³-hybridized carbons (Fsp3) is 0.333. The molecule has 1 spiro atoms. The molecule has 0 radical (unpaired) electrons. The Morgan fingerprint density at radius 2 is 2.12 bits per heavy atom. The summed E-state index contributed by atoms with van der Waals surface area (Å²) in [7, 11) is 3.23. The third-order valence-electron chi connectivity index (χ3n) is 5.80. The van der Waals surface area contributed by atoms with Gasteiger partial charge in [0.2, 0.25) is 5.78 Å². The number of benzene rings is 1. The van der Waals surface area contributed by atoms with Crippen LogP contribution in [0.25, 0.3) is 10.9 Å². The first kappa shape index (κ1) is 15.4. The lowest BCUT2D eigenvalue weighted by Crippen LogP contribution is -2.43. The topological polar surface area (TPSA) is 52.8 Å². The molecule has 5 nitrogen and oxygen atoms in total. The van der Waals surface area contributed by atoms with Crippen LogP contribution in [0.5, 0.6) is 5.75 Å². The molecule has 132 valence electrons. The number of nitrogens with zero attached hydrogens (tertiary/aromatic N) is 2. The van der Waals surface area contributed by atoms with E-state index in [0.29, 0.717) is 18.7 Å². The number of carbonyl (C=O) groups excluding carboxylic acids is 1. The Labute approximate surface area is 151 Å². The molecule has 3 heterocycles. The Bertz CT molecular complexity index is 1040. The monoisotopic (exact) mass is 348 g/mol. The number of aromatic nitrogens is 1. The number of allylic oxidation sites excluding steroid dienone is 4. The fourth-order valence-corrected chi connectivity index (χ4v) is 4.57. The molecule has 0 saturated heterocycles. The van der Waals surface area contributed by atoms with Gasteiger partial charge in [0.25, 0.3) is 0 Å². The largest absolute Gasteiger partial charge is 0.497 e. The smallest absolute Gasteiger partial charge is 0.209 e. The predicted octanol–water partition coefficient (Wildman–Crippen LogP) is 3.05. The molecule has 1 aromatic carbocycles. The van der Waals surface area contributed by atoms with Crippen molar-refractivity contribution in [2.45, 2.75) is 19.4 Å². The van der Waals surface area contributed by atoms with Gasteiger partial charge in [0, 0.05) is 31.0 Å². The number of hydrogen-bond donors (Lipinski definition) is 0. The summed E-state index contributed by atoms with van der Waals surface area (Å²) in [5.74, 6) is 1.28. The van der Waals surface area contributed by atoms with E-state index >= 15 is 0 Å². The van der Waals surface area contributed by atoms with E-state index in [1.807, 2.05) is 18.2 Å². The first-order valence-electron chi connectivity index (χ1n) is 8.88. The van der Waals surface area contributed by atoms with Gasteiger partial charge in [-0.2, -0.15) is 0 Å². The van der Waals surface area contributed by atoms with Crippen LogP contribution in [0.1, 0.15) is 17.7 Å². The number of aliphatic imine (C=N–C) groups is 1. The van der Waals surface area contributed by atoms with E-state index in [9.17, 15) is 4.79 Å². The number of hydrogen-bond acceptors (Lipinski definition) is 4. The zero-order valence-corrected chi connectivity index (χ0v) is 14.9. The molecule has 5 heteroatoms. The highest BCUT2D eigenvalue weighted by molar-refractivity contribution is 6.12. The quantitative estimate of drug-likeness (QED) is 0.838. The number of ketones is 1. The van der Waals surface area contributed by atoms with E-state index in [1.54, 1.807) is 20.3 Å². The van der Waals surface area contributed by atoms with Gasteiger partial charge < -0.3 is 14.0 Å². The van der Waals surface area contributed by atoms with Crippen LogP contribution < -0.4 is 4.74 Å². The van der Waals surface area contributed by atoms with Crippen LogP contribution >= 0.6 is 0 Å². The molecule has 0 saturated carbocycles. The van der Waals surface area contributed by atoms with Crippen molar-refractivity contribution in [2.75, 3.05) is 20.8 Å². The van der Waals surface area contributed by atoms with Crippen LogP contribution in [-0.2, 0) is 22.5 Å². The molecule has 2 aromatic rings. The average Bonchev–Trinajstić information content (AvgIpc) is 2.99. The molecule has 1 atom stereocenters. The third-order valence-corrected chi connectivity index (χ3v) is 5.80. The highest BCUT2D eigenvalue weighted by Crippen LogP contribution is 2.44. The van der Waals surface area contributed by atoms with Gasteiger partial charge in [-0.05, 0) is 30.2 Å². The Morgan fingerprint density at radius 1 is 1.23 bits per heavy atom. The Balaban J connectivity index is 1.75. The highest BCUT2D eigenvalue weighted by Gasteiger charge is 2.46. The van der Waals surface area contributed by atoms with E-state index in [4.69, 9.17) is 14.5 Å². The number of ether oxygens (including phenoxy) is 2. The summed E-state index contributed by atoms with van der Waals surface area (Å²) in [6.07, 6.45) is 7.26. The number of fused-ring (bicyclic) bond motifs is 3. The van der Waals surface area contributed by atoms with Crippen LogP contribution in [0, 0.1) is 5.41 Å². The molecule has 0 N–H and O–H groups in total. The van der Waals surface area contributed by atoms with Crippen molar-refractivity contribution >= 4 is 22.4 Å². The van der Waals surface area contributed by atoms with Crippen LogP contribution in [0.3, 0.4) is 0 Å². The number of Topliss-reactive ketones (excluding diaryl/α,β-unsaturated/α-hetero) is 1. The number of rotatable bonds is 2. The van der Waals surface area contributed by atoms with E-state index in [2.05, 4.69) is 16.7 Å². The number of methoxy groups -OCH3 is 2. The van der Waals surface area contributed by atoms with Crippen molar-refractivity contribution in [3.05, 3.63) is 53.4 Å². The standard InChI is InChI=1S/C21H20N2O3/c1-25-13-5-6-14-15-7-9-22-16-11-21(8-3-4-18(26-2)20(21)24)12-23(19(15)16)17(14)10-13/h3-6,8,10H,7,9,11-12H2,1-2H3. The van der Waals surface area contributed by atoms with E-state index in [-0.39, 0.29) is 5.78 Å². The van der Waals surface area contributed by atoms with Gasteiger partial charge in [-0.3, -0.25) is 9.79 Å². The lowest BCUT2D eigenvalue weighted by molar-refractivity contribution is -0.126. The maximum atomic E-state index is 13.2. The molecule has 1 unspecified atom stereocenters. The van der Waals surface area contributed by atoms with Crippen molar-refractivity contribution in [1.82, 2.24) is 4.57 Å². The zero-order chi connectivity index (χ0) is 17.9. The predicted molar refractivity (Wildman–Crippen MR) is 99.9 cm³/mol. The maximum Gasteiger partial charge on any atom is 0.209 e. The van der Waals surface area contributed by atoms with Crippen LogP contribution in [0.15, 0.2) is 47.2 Å². The van der Waals surface area contributed by atoms with Gasteiger partial charge in [-0.15, -0.1) is 0 Å². The van der Waals surface area contributed by atoms with Gasteiger partial charge in [-0.1, -0.05) is 12.2 Å². The van der Waals surface area contributed by atoms with E-state index < -0.39 is 5.41 Å². The van der Waals surface area contributed by atoms with E-state index in [0.717, 1.165) is 29.9 Å². The first-order chi connectivity index (χ1) is 12.7. The zero-order valence-electron chi connectivity index (χ0n) is 14.9. The Hall–Kier alpha value is -2.82. The summed E-state index contributed by atoms with van der Waals surface area (Å²) in [6.45, 7) is 1.37. The maximum absolute atomic E-state index is 13.2. The van der Waals surface area contributed by atoms with Crippen LogP contribution in [0.4, 0.5) is 0 Å². The van der Waals surface area contributed by atoms with Crippen molar-refractivity contribution in [2.24, 2.45) is 10.4 Å². The minimum atomic E-state index is -0.629. The van der Waals surface area contributed by atoms with Gasteiger partial charge in [-0.25, -0.2) is 0 Å². The first-order valence-corrected chi connectivity index (χ1v) is 8.88. The molecule has 3 aliphatic rings. The van der Waals surface area contributed by atoms with Crippen LogP contribution in [0.2, 0.25) is 0 Å². The second-order valence-electron chi connectivity index (χ2n) is 7.13. The third kappa shape index (κ3) is 1.91. The summed E-state index contributed by atoms with van der Waals surface area (Å²) >= 11 is 0. The summed E-state index contributed by atoms with van der Waals surface area (Å²) in [5.41, 5.74) is 4.05. The van der Waals surface area contributed by atoms with Gasteiger partial charge in [0.05, 0.1) is 36.6 Å². The molecule has 5 rings (SSSR count). The van der Waals surface area contributed by atoms with Crippen molar-refractivity contribution in [3.8, 4) is 5.75 Å². The molecule has 1 aliphatic carbocycles. The fourth-order valence-electron chi connectivity index (χ4n) is 4.57. The molecule has 0 bridgehead atoms. The van der Waals surface area contributed by atoms with Gasteiger partial charge in [0.1, 0.15) is 5.75 Å². The van der Waals surface area contributed by atoms with Crippen LogP contribution in [-0.4, -0.2) is 36.8 Å². The summed E-state index contributed by atoms with van der Waals surface area (Å²) in [6, 6.07) is 6.20. The SMILES string of the molecule is COC1=CC=CC2(CC3=NCCc4c3n(c3cc(OC)ccc43)C2)C1=O. The van der Waals surface area contributed by atoms with Crippen molar-refractivity contribution in [1.29, 1.82) is 0 Å². The normalized spacial score (nSPS) is 23.7. The highest BCUT2D eigenvalue weighted by atomic mass is 16.5. The minimum Gasteiger partial charge on any atom is -0.497 e. The van der Waals surface area contributed by atoms with Gasteiger partial charge in [0.15, 0.2) is 5.76 Å². The molecular formula is C21H20N2O3. The second-order valence-corrected chi connectivity index (χ2v) is 7.13. The number of carbonyl (C=O) groups is 1.